The molecule has 192 valence electrons. The van der Waals surface area contributed by atoms with Gasteiger partial charge in [0.05, 0.1) is 6.61 Å². The minimum absolute atomic E-state index is 0.0463. The van der Waals surface area contributed by atoms with E-state index in [1.54, 1.807) is 12.1 Å². The molecule has 35 heavy (non-hydrogen) atoms. The highest BCUT2D eigenvalue weighted by Crippen LogP contribution is 2.42. The van der Waals surface area contributed by atoms with Crippen LogP contribution in [0.1, 0.15) is 119 Å². The van der Waals surface area contributed by atoms with Gasteiger partial charge in [-0.2, -0.15) is 4.39 Å². The number of hydrogen-bond donors (Lipinski definition) is 0. The van der Waals surface area contributed by atoms with Crippen LogP contribution < -0.4 is 4.74 Å². The number of rotatable bonds is 10. The largest absolute Gasteiger partial charge is 0.490 e. The Bertz CT molecular complexity index is 906. The van der Waals surface area contributed by atoms with Gasteiger partial charge in [-0.05, 0) is 111 Å². The molecule has 2 aromatic rings. The lowest BCUT2D eigenvalue weighted by molar-refractivity contribution is 0.250. The Kier molecular flexibility index (Phi) is 9.63. The Morgan fingerprint density at radius 1 is 0.686 bits per heavy atom. The van der Waals surface area contributed by atoms with Crippen LogP contribution >= 0.6 is 0 Å². The third-order valence-electron chi connectivity index (χ3n) is 8.64. The zero-order valence-electron chi connectivity index (χ0n) is 21.8. The molecular weight excluding hydrogens is 438 g/mol. The normalized spacial score (nSPS) is 24.9. The quantitative estimate of drug-likeness (QED) is 0.327. The Hall–Kier alpha value is -1.90. The number of ether oxygens (including phenoxy) is 1. The second-order valence-electron chi connectivity index (χ2n) is 11.1. The second-order valence-corrected chi connectivity index (χ2v) is 11.1. The van der Waals surface area contributed by atoms with Gasteiger partial charge in [0.2, 0.25) is 5.82 Å². The van der Waals surface area contributed by atoms with Gasteiger partial charge in [-0.25, -0.2) is 4.39 Å². The van der Waals surface area contributed by atoms with Gasteiger partial charge < -0.3 is 4.74 Å². The van der Waals surface area contributed by atoms with Crippen molar-refractivity contribution >= 4 is 0 Å². The Labute approximate surface area is 211 Å². The standard InChI is InChI=1S/C32H44F2O/c1-3-5-23-8-14-26(15-9-23)27-16-10-24(11-17-27)6-7-25-12-18-28(19-13-25)29-20-21-30(35-22-4-2)32(34)31(29)33/h8-9,14-15,20-21,24-25,27-28H,3-7,10-13,16-19,22H2,1-2H3. The summed E-state index contributed by atoms with van der Waals surface area (Å²) in [7, 11) is 0. The molecule has 1 nitrogen and oxygen atoms in total. The van der Waals surface area contributed by atoms with Crippen LogP contribution in [0.4, 0.5) is 8.78 Å². The maximum atomic E-state index is 14.7. The first-order valence-corrected chi connectivity index (χ1v) is 14.3. The molecule has 2 saturated carbocycles. The van der Waals surface area contributed by atoms with E-state index in [-0.39, 0.29) is 11.7 Å². The monoisotopic (exact) mass is 482 g/mol. The van der Waals surface area contributed by atoms with Crippen molar-refractivity contribution in [1.29, 1.82) is 0 Å². The number of hydrogen-bond acceptors (Lipinski definition) is 1. The lowest BCUT2D eigenvalue weighted by Gasteiger charge is -2.32. The van der Waals surface area contributed by atoms with E-state index in [2.05, 4.69) is 31.2 Å². The summed E-state index contributed by atoms with van der Waals surface area (Å²) in [4.78, 5) is 0. The van der Waals surface area contributed by atoms with Gasteiger partial charge in [-0.3, -0.25) is 0 Å². The lowest BCUT2D eigenvalue weighted by atomic mass is 9.73. The lowest BCUT2D eigenvalue weighted by Crippen LogP contribution is -2.18. The third-order valence-corrected chi connectivity index (χ3v) is 8.64. The van der Waals surface area contributed by atoms with Crippen molar-refractivity contribution in [1.82, 2.24) is 0 Å². The van der Waals surface area contributed by atoms with Gasteiger partial charge in [-0.15, -0.1) is 0 Å². The maximum absolute atomic E-state index is 14.7. The van der Waals surface area contributed by atoms with E-state index in [0.717, 1.165) is 49.9 Å². The number of aryl methyl sites for hydroxylation is 1. The molecule has 0 aliphatic heterocycles. The van der Waals surface area contributed by atoms with E-state index in [1.165, 1.54) is 62.5 Å². The van der Waals surface area contributed by atoms with Gasteiger partial charge in [0.1, 0.15) is 0 Å². The van der Waals surface area contributed by atoms with E-state index >= 15 is 0 Å². The molecule has 2 fully saturated rings. The predicted molar refractivity (Wildman–Crippen MR) is 141 cm³/mol. The maximum Gasteiger partial charge on any atom is 0.200 e. The molecule has 2 aliphatic carbocycles. The second kappa shape index (κ2) is 12.9. The zero-order valence-corrected chi connectivity index (χ0v) is 21.8. The summed E-state index contributed by atoms with van der Waals surface area (Å²) in [5.41, 5.74) is 3.55. The fourth-order valence-electron chi connectivity index (χ4n) is 6.45. The highest BCUT2D eigenvalue weighted by atomic mass is 19.2. The summed E-state index contributed by atoms with van der Waals surface area (Å²) in [5.74, 6) is 1.03. The molecule has 0 unspecified atom stereocenters. The molecular formula is C32H44F2O. The highest BCUT2D eigenvalue weighted by Gasteiger charge is 2.28. The first kappa shape index (κ1) is 26.2. The molecule has 0 bridgehead atoms. The number of benzene rings is 2. The molecule has 0 N–H and O–H groups in total. The zero-order chi connectivity index (χ0) is 24.6. The summed E-state index contributed by atoms with van der Waals surface area (Å²) >= 11 is 0. The van der Waals surface area contributed by atoms with Gasteiger partial charge in [0.15, 0.2) is 11.6 Å². The van der Waals surface area contributed by atoms with Gasteiger partial charge in [-0.1, -0.05) is 63.4 Å². The first-order valence-electron chi connectivity index (χ1n) is 14.3. The molecule has 0 heterocycles. The van der Waals surface area contributed by atoms with Crippen molar-refractivity contribution in [2.24, 2.45) is 11.8 Å². The van der Waals surface area contributed by atoms with Crippen LogP contribution in [0.2, 0.25) is 0 Å². The van der Waals surface area contributed by atoms with Crippen LogP contribution in [-0.2, 0) is 6.42 Å². The Morgan fingerprint density at radius 3 is 1.86 bits per heavy atom. The molecule has 2 aromatic carbocycles. The topological polar surface area (TPSA) is 9.23 Å². The van der Waals surface area contributed by atoms with Crippen molar-refractivity contribution in [3.05, 3.63) is 64.7 Å². The summed E-state index contributed by atoms with van der Waals surface area (Å²) in [6, 6.07) is 12.8. The fourth-order valence-corrected chi connectivity index (χ4v) is 6.45. The molecule has 3 heteroatoms. The molecule has 0 amide bonds. The van der Waals surface area contributed by atoms with E-state index < -0.39 is 11.6 Å². The van der Waals surface area contributed by atoms with Crippen molar-refractivity contribution < 1.29 is 13.5 Å². The van der Waals surface area contributed by atoms with Crippen LogP contribution in [0.5, 0.6) is 5.75 Å². The van der Waals surface area contributed by atoms with Crippen molar-refractivity contribution in [3.63, 3.8) is 0 Å². The van der Waals surface area contributed by atoms with Gasteiger partial charge >= 0.3 is 0 Å². The SMILES string of the molecule is CCCOc1ccc(C2CCC(CCC3CCC(c4ccc(CCC)cc4)CC3)CC2)c(F)c1F. The van der Waals surface area contributed by atoms with Crippen LogP contribution in [0.15, 0.2) is 36.4 Å². The number of halogens is 2. The van der Waals surface area contributed by atoms with E-state index in [0.29, 0.717) is 12.2 Å². The highest BCUT2D eigenvalue weighted by molar-refractivity contribution is 5.33. The van der Waals surface area contributed by atoms with Crippen LogP contribution in [-0.4, -0.2) is 6.61 Å². The first-order chi connectivity index (χ1) is 17.1. The summed E-state index contributed by atoms with van der Waals surface area (Å²) in [6.45, 7) is 4.61. The molecule has 0 spiro atoms. The molecule has 0 saturated heterocycles. The molecule has 0 atom stereocenters. The van der Waals surface area contributed by atoms with Crippen molar-refractivity contribution in [2.45, 2.75) is 109 Å². The summed E-state index contributed by atoms with van der Waals surface area (Å²) in [6.07, 6.45) is 15.4. The average Bonchev–Trinajstić information content (AvgIpc) is 2.90. The van der Waals surface area contributed by atoms with Gasteiger partial charge in [0, 0.05) is 0 Å². The average molecular weight is 483 g/mol. The molecule has 0 aromatic heterocycles. The predicted octanol–water partition coefficient (Wildman–Crippen LogP) is 9.73. The molecule has 2 aliphatic rings. The Balaban J connectivity index is 1.19. The minimum Gasteiger partial charge on any atom is -0.490 e. The van der Waals surface area contributed by atoms with E-state index in [9.17, 15) is 8.78 Å². The smallest absolute Gasteiger partial charge is 0.200 e. The molecule has 0 radical (unpaired) electrons. The molecule has 4 rings (SSSR count). The van der Waals surface area contributed by atoms with Crippen molar-refractivity contribution in [3.8, 4) is 5.75 Å². The minimum atomic E-state index is -0.814. The van der Waals surface area contributed by atoms with Gasteiger partial charge in [0.25, 0.3) is 0 Å². The van der Waals surface area contributed by atoms with Crippen LogP contribution in [0.3, 0.4) is 0 Å². The third kappa shape index (κ3) is 6.86. The van der Waals surface area contributed by atoms with E-state index in [4.69, 9.17) is 4.74 Å². The van der Waals surface area contributed by atoms with Crippen LogP contribution in [0, 0.1) is 23.5 Å². The van der Waals surface area contributed by atoms with E-state index in [1.807, 2.05) is 6.92 Å². The summed E-state index contributed by atoms with van der Waals surface area (Å²) < 4.78 is 34.5. The van der Waals surface area contributed by atoms with Crippen LogP contribution in [0.25, 0.3) is 0 Å². The fraction of sp³-hybridized carbons (Fsp3) is 0.625. The van der Waals surface area contributed by atoms with Crippen molar-refractivity contribution in [2.75, 3.05) is 6.61 Å². The Morgan fingerprint density at radius 2 is 1.29 bits per heavy atom. The summed E-state index contributed by atoms with van der Waals surface area (Å²) in [5, 5.41) is 0.